The second-order valence-electron chi connectivity index (χ2n) is 6.11. The Morgan fingerprint density at radius 3 is 1.92 bits per heavy atom. The van der Waals surface area contributed by atoms with Crippen LogP contribution in [0.4, 0.5) is 0 Å². The fraction of sp³-hybridized carbons (Fsp3) is 0.667. The Labute approximate surface area is 189 Å². The van der Waals surface area contributed by atoms with Crippen LogP contribution in [-0.2, 0) is 9.09 Å². The van der Waals surface area contributed by atoms with Crippen LogP contribution in [0.15, 0.2) is 30.3 Å². The number of hydrogen-bond acceptors (Lipinski definition) is 2. The molecule has 4 nitrogen and oxygen atoms in total. The Morgan fingerprint density at radius 2 is 1.42 bits per heavy atom. The zero-order valence-corrected chi connectivity index (χ0v) is 15.1. The summed E-state index contributed by atoms with van der Waals surface area (Å²) < 4.78 is 16.1. The zero-order valence-electron chi connectivity index (χ0n) is 14.2. The number of phosphoric acid groups is 1. The van der Waals surface area contributed by atoms with E-state index in [4.69, 9.17) is 14.3 Å². The van der Waals surface area contributed by atoms with Crippen LogP contribution in [0.2, 0.25) is 0 Å². The van der Waals surface area contributed by atoms with Gasteiger partial charge in [-0.15, -0.1) is 0 Å². The molecular formula is C18H32KO4P. The molecule has 1 unspecified atom stereocenters. The molecule has 0 amide bonds. The molecule has 6 heteroatoms. The van der Waals surface area contributed by atoms with Crippen molar-refractivity contribution in [1.82, 2.24) is 0 Å². The molecule has 0 spiro atoms. The van der Waals surface area contributed by atoms with Crippen molar-refractivity contribution in [3.05, 3.63) is 35.9 Å². The Kier molecular flexibility index (Phi) is 15.7. The van der Waals surface area contributed by atoms with Gasteiger partial charge in [-0.3, -0.25) is 4.52 Å². The minimum absolute atomic E-state index is 0. The number of phosphoric ester groups is 1. The van der Waals surface area contributed by atoms with Crippen LogP contribution in [0.3, 0.4) is 0 Å². The summed E-state index contributed by atoms with van der Waals surface area (Å²) in [6.07, 6.45) is 11.1. The van der Waals surface area contributed by atoms with E-state index in [-0.39, 0.29) is 51.4 Å². The summed E-state index contributed by atoms with van der Waals surface area (Å²) in [7, 11) is -4.46. The van der Waals surface area contributed by atoms with Gasteiger partial charge in [-0.1, -0.05) is 95.0 Å². The van der Waals surface area contributed by atoms with Gasteiger partial charge in [0.2, 0.25) is 0 Å². The predicted molar refractivity (Wildman–Crippen MR) is 101 cm³/mol. The summed E-state index contributed by atoms with van der Waals surface area (Å²) in [5, 5.41) is 0. The normalized spacial score (nSPS) is 12.6. The second kappa shape index (κ2) is 15.1. The van der Waals surface area contributed by atoms with Crippen LogP contribution < -0.4 is 0 Å². The van der Waals surface area contributed by atoms with Gasteiger partial charge in [-0.05, 0) is 12.0 Å². The molecule has 1 atom stereocenters. The van der Waals surface area contributed by atoms with E-state index in [1.165, 1.54) is 44.9 Å². The van der Waals surface area contributed by atoms with Crippen molar-refractivity contribution in [3.8, 4) is 0 Å². The fourth-order valence-corrected chi connectivity index (χ4v) is 3.31. The van der Waals surface area contributed by atoms with Crippen molar-refractivity contribution in [2.75, 3.05) is 0 Å². The summed E-state index contributed by atoms with van der Waals surface area (Å²) in [6.45, 7) is 2.23. The Balaban J connectivity index is 0.00000529. The standard InChI is InChI=1S/C18H31O4P.K.H/c1-2-3-4-5-6-7-8-9-13-16-18(22-23(19,20)21)17-14-11-10-12-15-17;;/h10-12,14-15,18H,2-9,13,16H2,1H3,(H2,19,20,21);;. The minimum atomic E-state index is -4.46. The zero-order chi connectivity index (χ0) is 17.0. The molecule has 24 heavy (non-hydrogen) atoms. The first-order chi connectivity index (χ1) is 11.0. The molecule has 0 radical (unpaired) electrons. The summed E-state index contributed by atoms with van der Waals surface area (Å²) in [6, 6.07) is 9.32. The number of benzene rings is 1. The van der Waals surface area contributed by atoms with Gasteiger partial charge < -0.3 is 9.79 Å². The molecule has 1 rings (SSSR count). The van der Waals surface area contributed by atoms with Gasteiger partial charge in [-0.25, -0.2) is 4.57 Å². The molecule has 0 aromatic heterocycles. The third kappa shape index (κ3) is 13.2. The van der Waals surface area contributed by atoms with Gasteiger partial charge >= 0.3 is 59.2 Å². The average Bonchev–Trinajstić information content (AvgIpc) is 2.52. The molecule has 0 fully saturated rings. The first-order valence-electron chi connectivity index (χ1n) is 8.82. The maximum atomic E-state index is 11.1. The van der Waals surface area contributed by atoms with Gasteiger partial charge in [-0.2, -0.15) is 0 Å². The van der Waals surface area contributed by atoms with E-state index in [0.717, 1.165) is 18.4 Å². The van der Waals surface area contributed by atoms with Crippen LogP contribution in [0.5, 0.6) is 0 Å². The van der Waals surface area contributed by atoms with Crippen LogP contribution in [0.1, 0.15) is 82.8 Å². The first-order valence-corrected chi connectivity index (χ1v) is 10.3. The van der Waals surface area contributed by atoms with Crippen LogP contribution in [-0.4, -0.2) is 61.2 Å². The van der Waals surface area contributed by atoms with E-state index in [9.17, 15) is 4.57 Å². The van der Waals surface area contributed by atoms with Crippen molar-refractivity contribution in [2.24, 2.45) is 0 Å². The van der Waals surface area contributed by atoms with E-state index in [1.54, 1.807) is 0 Å². The Morgan fingerprint density at radius 1 is 0.917 bits per heavy atom. The van der Waals surface area contributed by atoms with Crippen LogP contribution in [0.25, 0.3) is 0 Å². The number of unbranched alkanes of at least 4 members (excludes halogenated alkanes) is 8. The van der Waals surface area contributed by atoms with E-state index in [0.29, 0.717) is 6.42 Å². The number of hydrogen-bond donors (Lipinski definition) is 2. The van der Waals surface area contributed by atoms with Gasteiger partial charge in [0.25, 0.3) is 0 Å². The summed E-state index contributed by atoms with van der Waals surface area (Å²) in [4.78, 5) is 18.2. The van der Waals surface area contributed by atoms with Crippen LogP contribution >= 0.6 is 7.82 Å². The molecule has 0 aliphatic heterocycles. The van der Waals surface area contributed by atoms with Gasteiger partial charge in [0, 0.05) is 0 Å². The molecule has 2 N–H and O–H groups in total. The van der Waals surface area contributed by atoms with Crippen molar-refractivity contribution < 1.29 is 18.9 Å². The topological polar surface area (TPSA) is 66.8 Å². The molecule has 1 aromatic rings. The average molecular weight is 383 g/mol. The first kappa shape index (κ1) is 25.0. The summed E-state index contributed by atoms with van der Waals surface area (Å²) in [5.41, 5.74) is 0.829. The van der Waals surface area contributed by atoms with Crippen molar-refractivity contribution in [3.63, 3.8) is 0 Å². The monoisotopic (exact) mass is 382 g/mol. The van der Waals surface area contributed by atoms with Gasteiger partial charge in [0.15, 0.2) is 0 Å². The maximum absolute atomic E-state index is 11.1. The molecule has 134 valence electrons. The van der Waals surface area contributed by atoms with Crippen LogP contribution in [0, 0.1) is 0 Å². The van der Waals surface area contributed by atoms with Gasteiger partial charge in [0.1, 0.15) is 0 Å². The van der Waals surface area contributed by atoms with Crippen molar-refractivity contribution in [1.29, 1.82) is 0 Å². The second-order valence-corrected chi connectivity index (χ2v) is 7.30. The third-order valence-electron chi connectivity index (χ3n) is 4.01. The summed E-state index contributed by atoms with van der Waals surface area (Å²) >= 11 is 0. The summed E-state index contributed by atoms with van der Waals surface area (Å²) in [5.74, 6) is 0. The molecule has 0 bridgehead atoms. The third-order valence-corrected chi connectivity index (χ3v) is 4.53. The SMILES string of the molecule is CCCCCCCCCCCC(OP(=O)(O)O)c1ccccc1.[KH]. The Bertz CT molecular complexity index is 450. The van der Waals surface area contributed by atoms with E-state index in [1.807, 2.05) is 30.3 Å². The molecule has 0 aliphatic carbocycles. The molecule has 0 saturated heterocycles. The van der Waals surface area contributed by atoms with Gasteiger partial charge in [0.05, 0.1) is 6.10 Å². The molecule has 0 aliphatic rings. The molecule has 0 saturated carbocycles. The number of rotatable bonds is 13. The van der Waals surface area contributed by atoms with Crippen molar-refractivity contribution in [2.45, 2.75) is 77.2 Å². The van der Waals surface area contributed by atoms with E-state index < -0.39 is 13.9 Å². The predicted octanol–water partition coefficient (Wildman–Crippen LogP) is 5.11. The fourth-order valence-electron chi connectivity index (χ4n) is 2.75. The molecule has 0 heterocycles. The van der Waals surface area contributed by atoms with Crippen molar-refractivity contribution >= 4 is 59.2 Å². The quantitative estimate of drug-likeness (QED) is 0.283. The van der Waals surface area contributed by atoms with E-state index >= 15 is 0 Å². The Hall–Kier alpha value is 0.966. The molecule has 1 aromatic carbocycles. The molecular weight excluding hydrogens is 350 g/mol. The van der Waals surface area contributed by atoms with E-state index in [2.05, 4.69) is 6.92 Å².